The zero-order valence-corrected chi connectivity index (χ0v) is 10.8. The Hall–Kier alpha value is -1.15. The van der Waals surface area contributed by atoms with Gasteiger partial charge in [-0.15, -0.1) is 0 Å². The molecule has 0 aromatic carbocycles. The molecular formula is C14H24NO+. The molecule has 1 atom stereocenters. The maximum atomic E-state index is 11.2. The largest absolute Gasteiger partial charge is 0.316 e. The SMILES string of the molecule is C=C/C=C(\C=C)C[N+]1(C)CCC(=O)C1.CC. The summed E-state index contributed by atoms with van der Waals surface area (Å²) in [5.74, 6) is 0.370. The van der Waals surface area contributed by atoms with Gasteiger partial charge >= 0.3 is 0 Å². The second-order valence-electron chi connectivity index (χ2n) is 4.13. The minimum atomic E-state index is 0.370. The van der Waals surface area contributed by atoms with Crippen LogP contribution in [0.4, 0.5) is 0 Å². The van der Waals surface area contributed by atoms with Crippen molar-refractivity contribution in [1.82, 2.24) is 0 Å². The Balaban J connectivity index is 0.00000106. The summed E-state index contributed by atoms with van der Waals surface area (Å²) in [5.41, 5.74) is 1.15. The highest BCUT2D eigenvalue weighted by Gasteiger charge is 2.32. The minimum Gasteiger partial charge on any atom is -0.316 e. The molecule has 2 nitrogen and oxygen atoms in total. The summed E-state index contributed by atoms with van der Waals surface area (Å²) in [6.45, 7) is 13.9. The second-order valence-corrected chi connectivity index (χ2v) is 4.13. The number of likely N-dealkylation sites (N-methyl/N-ethyl adjacent to an activating group) is 1. The van der Waals surface area contributed by atoms with Gasteiger partial charge in [-0.05, 0) is 0 Å². The van der Waals surface area contributed by atoms with Crippen molar-refractivity contribution in [1.29, 1.82) is 0 Å². The molecule has 0 aromatic rings. The van der Waals surface area contributed by atoms with E-state index in [2.05, 4.69) is 20.2 Å². The lowest BCUT2D eigenvalue weighted by Gasteiger charge is -2.28. The average molecular weight is 222 g/mol. The number of quaternary nitrogens is 1. The van der Waals surface area contributed by atoms with Crippen molar-refractivity contribution < 1.29 is 9.28 Å². The first kappa shape index (κ1) is 14.8. The third kappa shape index (κ3) is 4.58. The van der Waals surface area contributed by atoms with Crippen molar-refractivity contribution in [2.45, 2.75) is 20.3 Å². The molecule has 0 bridgehead atoms. The number of hydrogen-bond donors (Lipinski definition) is 0. The third-order valence-corrected chi connectivity index (χ3v) is 2.65. The summed E-state index contributed by atoms with van der Waals surface area (Å²) in [6, 6.07) is 0. The van der Waals surface area contributed by atoms with Gasteiger partial charge in [0, 0.05) is 5.57 Å². The van der Waals surface area contributed by atoms with Gasteiger partial charge in [0.2, 0.25) is 0 Å². The van der Waals surface area contributed by atoms with Crippen LogP contribution in [-0.4, -0.2) is 36.9 Å². The molecule has 1 aliphatic rings. The lowest BCUT2D eigenvalue weighted by Crippen LogP contribution is -2.43. The monoisotopic (exact) mass is 222 g/mol. The lowest BCUT2D eigenvalue weighted by atomic mass is 10.2. The number of carbonyl (C=O) groups is 1. The predicted octanol–water partition coefficient (Wildman–Crippen LogP) is 2.73. The van der Waals surface area contributed by atoms with Gasteiger partial charge in [0.05, 0.1) is 20.0 Å². The number of likely N-dealkylation sites (tertiary alicyclic amines) is 1. The maximum absolute atomic E-state index is 11.2. The van der Waals surface area contributed by atoms with Crippen molar-refractivity contribution in [3.05, 3.63) is 37.0 Å². The molecule has 1 unspecified atom stereocenters. The van der Waals surface area contributed by atoms with Crippen LogP contribution < -0.4 is 0 Å². The van der Waals surface area contributed by atoms with Crippen LogP contribution in [0.1, 0.15) is 20.3 Å². The Kier molecular flexibility index (Phi) is 6.66. The van der Waals surface area contributed by atoms with Crippen LogP contribution >= 0.6 is 0 Å². The first-order valence-corrected chi connectivity index (χ1v) is 5.89. The molecule has 0 amide bonds. The van der Waals surface area contributed by atoms with Crippen molar-refractivity contribution in [2.24, 2.45) is 0 Å². The van der Waals surface area contributed by atoms with Crippen LogP contribution in [0, 0.1) is 0 Å². The summed E-state index contributed by atoms with van der Waals surface area (Å²) in [6.07, 6.45) is 6.28. The molecule has 0 N–H and O–H groups in total. The molecule has 0 saturated carbocycles. The third-order valence-electron chi connectivity index (χ3n) is 2.65. The fourth-order valence-electron chi connectivity index (χ4n) is 1.89. The number of nitrogens with zero attached hydrogens (tertiary/aromatic N) is 1. The van der Waals surface area contributed by atoms with E-state index in [1.807, 2.05) is 26.0 Å². The lowest BCUT2D eigenvalue weighted by molar-refractivity contribution is -0.889. The topological polar surface area (TPSA) is 17.1 Å². The molecule has 1 fully saturated rings. The highest BCUT2D eigenvalue weighted by Crippen LogP contribution is 2.16. The van der Waals surface area contributed by atoms with E-state index in [-0.39, 0.29) is 0 Å². The standard InChI is InChI=1S/C12H18NO.C2H6/c1-4-6-11(5-2)9-13(3)8-7-12(14)10-13;1-2/h4-6H,1-2,7-10H2,3H3;1-2H3/q+1;/b11-6+;. The summed E-state index contributed by atoms with van der Waals surface area (Å²) in [7, 11) is 2.12. The Morgan fingerprint density at radius 1 is 1.44 bits per heavy atom. The van der Waals surface area contributed by atoms with Crippen LogP contribution in [0.5, 0.6) is 0 Å². The van der Waals surface area contributed by atoms with Gasteiger partial charge in [-0.1, -0.05) is 45.2 Å². The van der Waals surface area contributed by atoms with E-state index in [9.17, 15) is 4.79 Å². The molecule has 90 valence electrons. The first-order valence-electron chi connectivity index (χ1n) is 5.89. The van der Waals surface area contributed by atoms with Gasteiger partial charge in [0.15, 0.2) is 5.78 Å². The van der Waals surface area contributed by atoms with E-state index >= 15 is 0 Å². The van der Waals surface area contributed by atoms with Crippen LogP contribution in [0.15, 0.2) is 37.0 Å². The summed E-state index contributed by atoms with van der Waals surface area (Å²) < 4.78 is 0.810. The van der Waals surface area contributed by atoms with Gasteiger partial charge in [-0.3, -0.25) is 4.79 Å². The Bertz CT molecular complexity index is 291. The fourth-order valence-corrected chi connectivity index (χ4v) is 1.89. The van der Waals surface area contributed by atoms with Gasteiger partial charge < -0.3 is 4.48 Å². The van der Waals surface area contributed by atoms with Crippen LogP contribution in [0.25, 0.3) is 0 Å². The van der Waals surface area contributed by atoms with E-state index in [1.54, 1.807) is 6.08 Å². The van der Waals surface area contributed by atoms with Crippen LogP contribution in [0.2, 0.25) is 0 Å². The Labute approximate surface area is 99.5 Å². The Morgan fingerprint density at radius 3 is 2.44 bits per heavy atom. The molecule has 1 aliphatic heterocycles. The van der Waals surface area contributed by atoms with Crippen molar-refractivity contribution in [2.75, 3.05) is 26.7 Å². The van der Waals surface area contributed by atoms with Gasteiger partial charge in [-0.2, -0.15) is 0 Å². The van der Waals surface area contributed by atoms with Gasteiger partial charge in [-0.25, -0.2) is 0 Å². The molecule has 1 heterocycles. The highest BCUT2D eigenvalue weighted by molar-refractivity contribution is 5.81. The predicted molar refractivity (Wildman–Crippen MR) is 70.2 cm³/mol. The van der Waals surface area contributed by atoms with Crippen molar-refractivity contribution in [3.63, 3.8) is 0 Å². The number of hydrogen-bond acceptors (Lipinski definition) is 1. The minimum absolute atomic E-state index is 0.370. The maximum Gasteiger partial charge on any atom is 0.192 e. The van der Waals surface area contributed by atoms with Crippen LogP contribution in [-0.2, 0) is 4.79 Å². The summed E-state index contributed by atoms with van der Waals surface area (Å²) in [4.78, 5) is 11.2. The quantitative estimate of drug-likeness (QED) is 0.528. The van der Waals surface area contributed by atoms with Gasteiger partial charge in [0.1, 0.15) is 13.1 Å². The normalized spacial score (nSPS) is 24.7. The zero-order chi connectivity index (χ0) is 12.6. The number of rotatable bonds is 4. The molecule has 0 aliphatic carbocycles. The number of Topliss-reactive ketones (excluding diaryl/α,β-unsaturated/α-hetero) is 1. The Morgan fingerprint density at radius 2 is 2.06 bits per heavy atom. The van der Waals surface area contributed by atoms with E-state index in [0.29, 0.717) is 12.3 Å². The first-order chi connectivity index (χ1) is 7.59. The number of ketones is 1. The van der Waals surface area contributed by atoms with Crippen LogP contribution in [0.3, 0.4) is 0 Å². The van der Waals surface area contributed by atoms with Crippen molar-refractivity contribution >= 4 is 5.78 Å². The smallest absolute Gasteiger partial charge is 0.192 e. The van der Waals surface area contributed by atoms with E-state index in [1.165, 1.54) is 0 Å². The highest BCUT2D eigenvalue weighted by atomic mass is 16.1. The summed E-state index contributed by atoms with van der Waals surface area (Å²) in [5, 5.41) is 0. The van der Waals surface area contributed by atoms with E-state index < -0.39 is 0 Å². The molecule has 2 heteroatoms. The molecule has 16 heavy (non-hydrogen) atoms. The fraction of sp³-hybridized carbons (Fsp3) is 0.500. The molecule has 0 radical (unpaired) electrons. The molecule has 1 saturated heterocycles. The molecule has 1 rings (SSSR count). The van der Waals surface area contributed by atoms with Gasteiger partial charge in [0.25, 0.3) is 0 Å². The molecule has 0 aromatic heterocycles. The van der Waals surface area contributed by atoms with Crippen molar-refractivity contribution in [3.8, 4) is 0 Å². The average Bonchev–Trinajstić information content (AvgIpc) is 2.61. The van der Waals surface area contributed by atoms with E-state index in [4.69, 9.17) is 0 Å². The van der Waals surface area contributed by atoms with E-state index in [0.717, 1.165) is 29.6 Å². The number of carbonyl (C=O) groups excluding carboxylic acids is 1. The molecule has 0 spiro atoms. The molecular weight excluding hydrogens is 198 g/mol. The number of allylic oxidation sites excluding steroid dienone is 2. The zero-order valence-electron chi connectivity index (χ0n) is 10.8. The second kappa shape index (κ2) is 7.18. The summed E-state index contributed by atoms with van der Waals surface area (Å²) >= 11 is 0.